The molecule has 0 radical (unpaired) electrons. The van der Waals surface area contributed by atoms with Crippen molar-refractivity contribution in [2.45, 2.75) is 32.5 Å². The van der Waals surface area contributed by atoms with Gasteiger partial charge < -0.3 is 0 Å². The van der Waals surface area contributed by atoms with Gasteiger partial charge in [0.2, 0.25) is 0 Å². The second-order valence-electron chi connectivity index (χ2n) is 8.77. The summed E-state index contributed by atoms with van der Waals surface area (Å²) in [4.78, 5) is 20.4. The summed E-state index contributed by atoms with van der Waals surface area (Å²) in [6.07, 6.45) is 0.464. The summed E-state index contributed by atoms with van der Waals surface area (Å²) in [6.45, 7) is 2.32. The minimum absolute atomic E-state index is 0.136. The van der Waals surface area contributed by atoms with Gasteiger partial charge in [-0.05, 0) is 30.2 Å². The maximum Gasteiger partial charge on any atom is 0.259 e. The summed E-state index contributed by atoms with van der Waals surface area (Å²) in [7, 11) is 0. The molecule has 0 unspecified atom stereocenters. The van der Waals surface area contributed by atoms with E-state index in [1.54, 1.807) is 9.47 Å². The Morgan fingerprint density at radius 3 is 2.11 bits per heavy atom. The Kier molecular flexibility index (Phi) is 6.26. The van der Waals surface area contributed by atoms with Crippen LogP contribution in [0.25, 0.3) is 0 Å². The predicted octanol–water partition coefficient (Wildman–Crippen LogP) is 5.17. The molecule has 1 aliphatic rings. The highest BCUT2D eigenvalue weighted by Crippen LogP contribution is 2.28. The van der Waals surface area contributed by atoms with Crippen molar-refractivity contribution in [3.63, 3.8) is 0 Å². The maximum atomic E-state index is 14.3. The first-order valence-electron chi connectivity index (χ1n) is 11.5. The van der Waals surface area contributed by atoms with Gasteiger partial charge in [0.05, 0.1) is 17.3 Å². The van der Waals surface area contributed by atoms with Crippen molar-refractivity contribution in [3.05, 3.63) is 134 Å². The van der Waals surface area contributed by atoms with Gasteiger partial charge >= 0.3 is 0 Å². The first-order valence-corrected chi connectivity index (χ1v) is 11.5. The minimum atomic E-state index is -1.19. The average molecular weight is 476 g/mol. The molecule has 0 bridgehead atoms. The first kappa shape index (κ1) is 23.1. The third kappa shape index (κ3) is 4.39. The minimum Gasteiger partial charge on any atom is -0.294 e. The maximum absolute atomic E-state index is 14.3. The van der Waals surface area contributed by atoms with E-state index in [0.717, 1.165) is 23.3 Å². The Morgan fingerprint density at radius 2 is 1.49 bits per heavy atom. The quantitative estimate of drug-likeness (QED) is 0.374. The SMILES string of the molecule is Cc1nc2c(c(=O)n1C(c1ccccc1)c1ccccc1)CN(Cc1c(F)ccc(F)c1F)CC2. The van der Waals surface area contributed by atoms with E-state index < -0.39 is 17.5 Å². The molecule has 35 heavy (non-hydrogen) atoms. The summed E-state index contributed by atoms with van der Waals surface area (Å²) in [6, 6.07) is 20.8. The van der Waals surface area contributed by atoms with Crippen LogP contribution in [-0.4, -0.2) is 21.0 Å². The van der Waals surface area contributed by atoms with Gasteiger partial charge in [0.15, 0.2) is 11.6 Å². The number of aromatic nitrogens is 2. The molecule has 5 rings (SSSR count). The van der Waals surface area contributed by atoms with Crippen LogP contribution in [0.4, 0.5) is 13.2 Å². The third-order valence-corrected chi connectivity index (χ3v) is 6.53. The molecular weight excluding hydrogens is 451 g/mol. The average Bonchev–Trinajstić information content (AvgIpc) is 2.88. The number of hydrogen-bond acceptors (Lipinski definition) is 3. The van der Waals surface area contributed by atoms with Gasteiger partial charge in [0.1, 0.15) is 11.6 Å². The number of halogens is 3. The number of hydrogen-bond donors (Lipinski definition) is 0. The molecule has 0 saturated heterocycles. The molecular formula is C28H24F3N3O. The lowest BCUT2D eigenvalue weighted by molar-refractivity contribution is 0.232. The third-order valence-electron chi connectivity index (χ3n) is 6.53. The molecule has 4 aromatic rings. The van der Waals surface area contributed by atoms with Crippen molar-refractivity contribution in [1.82, 2.24) is 14.5 Å². The monoisotopic (exact) mass is 475 g/mol. The van der Waals surface area contributed by atoms with Crippen molar-refractivity contribution < 1.29 is 13.2 Å². The van der Waals surface area contributed by atoms with E-state index in [2.05, 4.69) is 0 Å². The van der Waals surface area contributed by atoms with Crippen LogP contribution in [0.3, 0.4) is 0 Å². The van der Waals surface area contributed by atoms with Gasteiger partial charge in [-0.1, -0.05) is 60.7 Å². The normalized spacial score (nSPS) is 13.7. The van der Waals surface area contributed by atoms with Crippen molar-refractivity contribution in [2.75, 3.05) is 6.54 Å². The summed E-state index contributed by atoms with van der Waals surface area (Å²) < 4.78 is 43.9. The van der Waals surface area contributed by atoms with Crippen molar-refractivity contribution in [3.8, 4) is 0 Å². The standard InChI is InChI=1S/C28H24F3N3O/c1-18-32-25-14-15-33(16-21-23(29)12-13-24(30)26(21)31)17-22(25)28(35)34(18)27(19-8-4-2-5-9-19)20-10-6-3-7-11-20/h2-13,27H,14-17H2,1H3. The van der Waals surface area contributed by atoms with E-state index in [-0.39, 0.29) is 30.3 Å². The van der Waals surface area contributed by atoms with E-state index in [9.17, 15) is 18.0 Å². The van der Waals surface area contributed by atoms with Crippen LogP contribution in [0.5, 0.6) is 0 Å². The topological polar surface area (TPSA) is 38.1 Å². The molecule has 0 aliphatic carbocycles. The molecule has 3 aromatic carbocycles. The van der Waals surface area contributed by atoms with Crippen LogP contribution in [0.1, 0.15) is 39.8 Å². The fraction of sp³-hybridized carbons (Fsp3) is 0.214. The summed E-state index contributed by atoms with van der Waals surface area (Å²) >= 11 is 0. The lowest BCUT2D eigenvalue weighted by Crippen LogP contribution is -2.40. The molecule has 1 aliphatic heterocycles. The van der Waals surface area contributed by atoms with Crippen molar-refractivity contribution in [2.24, 2.45) is 0 Å². The zero-order valence-corrected chi connectivity index (χ0v) is 19.2. The molecule has 1 aromatic heterocycles. The predicted molar refractivity (Wildman–Crippen MR) is 127 cm³/mol. The van der Waals surface area contributed by atoms with Crippen LogP contribution in [0.15, 0.2) is 77.6 Å². The molecule has 0 fully saturated rings. The number of fused-ring (bicyclic) bond motifs is 1. The number of rotatable bonds is 5. The van der Waals surface area contributed by atoms with Gasteiger partial charge in [0.25, 0.3) is 5.56 Å². The Bertz CT molecular complexity index is 1380. The highest BCUT2D eigenvalue weighted by atomic mass is 19.2. The molecule has 0 spiro atoms. The molecule has 0 N–H and O–H groups in total. The molecule has 4 nitrogen and oxygen atoms in total. The second kappa shape index (κ2) is 9.50. The largest absolute Gasteiger partial charge is 0.294 e. The van der Waals surface area contributed by atoms with Crippen molar-refractivity contribution >= 4 is 0 Å². The van der Waals surface area contributed by atoms with Crippen LogP contribution in [0.2, 0.25) is 0 Å². The lowest BCUT2D eigenvalue weighted by atomic mass is 9.97. The van der Waals surface area contributed by atoms with E-state index in [0.29, 0.717) is 30.0 Å². The van der Waals surface area contributed by atoms with Crippen LogP contribution >= 0.6 is 0 Å². The highest BCUT2D eigenvalue weighted by molar-refractivity contribution is 5.35. The zero-order valence-electron chi connectivity index (χ0n) is 19.2. The molecule has 178 valence electrons. The highest BCUT2D eigenvalue weighted by Gasteiger charge is 2.28. The number of nitrogens with zero attached hydrogens (tertiary/aromatic N) is 3. The Morgan fingerprint density at radius 1 is 0.886 bits per heavy atom. The van der Waals surface area contributed by atoms with Gasteiger partial charge in [-0.3, -0.25) is 14.3 Å². The molecule has 7 heteroatoms. The Labute approximate surface area is 201 Å². The van der Waals surface area contributed by atoms with Crippen molar-refractivity contribution in [1.29, 1.82) is 0 Å². The van der Waals surface area contributed by atoms with E-state index in [4.69, 9.17) is 4.98 Å². The number of aryl methyl sites for hydroxylation is 1. The van der Waals surface area contributed by atoms with Crippen LogP contribution in [-0.2, 0) is 19.5 Å². The smallest absolute Gasteiger partial charge is 0.259 e. The van der Waals surface area contributed by atoms with Gasteiger partial charge in [-0.2, -0.15) is 0 Å². The van der Waals surface area contributed by atoms with Gasteiger partial charge in [0, 0.05) is 31.6 Å². The van der Waals surface area contributed by atoms with Crippen LogP contribution in [0, 0.1) is 24.4 Å². The lowest BCUT2D eigenvalue weighted by Gasteiger charge is -2.30. The first-order chi connectivity index (χ1) is 16.9. The summed E-state index contributed by atoms with van der Waals surface area (Å²) in [5, 5.41) is 0. The molecule has 0 amide bonds. The molecule has 2 heterocycles. The van der Waals surface area contributed by atoms with Crippen LogP contribution < -0.4 is 5.56 Å². The summed E-state index contributed by atoms with van der Waals surface area (Å²) in [5.74, 6) is -2.49. The Balaban J connectivity index is 1.57. The molecule has 0 saturated carbocycles. The van der Waals surface area contributed by atoms with Gasteiger partial charge in [-0.15, -0.1) is 0 Å². The van der Waals surface area contributed by atoms with E-state index >= 15 is 0 Å². The second-order valence-corrected chi connectivity index (χ2v) is 8.77. The summed E-state index contributed by atoms with van der Waals surface area (Å²) in [5.41, 5.74) is 2.57. The Hall–Kier alpha value is -3.71. The van der Waals surface area contributed by atoms with E-state index in [1.165, 1.54) is 0 Å². The number of benzene rings is 3. The fourth-order valence-corrected chi connectivity index (χ4v) is 4.80. The van der Waals surface area contributed by atoms with Gasteiger partial charge in [-0.25, -0.2) is 18.2 Å². The zero-order chi connectivity index (χ0) is 24.5. The van der Waals surface area contributed by atoms with E-state index in [1.807, 2.05) is 67.6 Å². The fourth-order valence-electron chi connectivity index (χ4n) is 4.80. The molecule has 0 atom stereocenters.